The average Bonchev–Trinajstić information content (AvgIpc) is 2.97. The van der Waals surface area contributed by atoms with Crippen LogP contribution in [-0.2, 0) is 16.1 Å². The Morgan fingerprint density at radius 3 is 2.69 bits per heavy atom. The summed E-state index contributed by atoms with van der Waals surface area (Å²) in [6, 6.07) is 11.8. The minimum absolute atomic E-state index is 0.0102. The van der Waals surface area contributed by atoms with Crippen molar-refractivity contribution in [3.63, 3.8) is 0 Å². The highest BCUT2D eigenvalue weighted by Gasteiger charge is 2.30. The van der Waals surface area contributed by atoms with Crippen LogP contribution in [0.4, 0.5) is 15.8 Å². The summed E-state index contributed by atoms with van der Waals surface area (Å²) in [5, 5.41) is 6.83. The zero-order valence-electron chi connectivity index (χ0n) is 15.5. The van der Waals surface area contributed by atoms with Crippen LogP contribution in [0.2, 0.25) is 0 Å². The number of anilines is 2. The lowest BCUT2D eigenvalue weighted by molar-refractivity contribution is -0.120. The van der Waals surface area contributed by atoms with Crippen LogP contribution in [0, 0.1) is 5.82 Å². The lowest BCUT2D eigenvalue weighted by Gasteiger charge is -2.27. The quantitative estimate of drug-likeness (QED) is 0.733. The molecule has 1 N–H and O–H groups in total. The van der Waals surface area contributed by atoms with E-state index in [1.165, 1.54) is 29.2 Å². The van der Waals surface area contributed by atoms with Gasteiger partial charge in [0.05, 0.1) is 11.4 Å². The first-order valence-electron chi connectivity index (χ1n) is 8.97. The third-order valence-electron chi connectivity index (χ3n) is 4.61. The third-order valence-corrected chi connectivity index (χ3v) is 4.61. The Hall–Kier alpha value is -3.75. The summed E-state index contributed by atoms with van der Waals surface area (Å²) in [6.07, 6.45) is 0.120. The first-order valence-corrected chi connectivity index (χ1v) is 8.97. The van der Waals surface area contributed by atoms with Crippen molar-refractivity contribution in [2.24, 2.45) is 0 Å². The smallest absolute Gasteiger partial charge is 0.388 e. The molecule has 3 aromatic rings. The number of rotatable bonds is 3. The molecule has 29 heavy (non-hydrogen) atoms. The first-order chi connectivity index (χ1) is 13.9. The molecule has 1 aliphatic rings. The molecule has 2 aromatic carbocycles. The fourth-order valence-electron chi connectivity index (χ4n) is 3.29. The highest BCUT2D eigenvalue weighted by atomic mass is 19.1. The van der Waals surface area contributed by atoms with Crippen molar-refractivity contribution in [3.05, 3.63) is 64.9 Å². The Labute approximate surface area is 164 Å². The van der Waals surface area contributed by atoms with Gasteiger partial charge in [-0.15, -0.1) is 5.10 Å². The van der Waals surface area contributed by atoms with Crippen LogP contribution in [0.1, 0.15) is 13.3 Å². The molecule has 0 fully saturated rings. The number of aromatic nitrogens is 2. The monoisotopic (exact) mass is 396 g/mol. The van der Waals surface area contributed by atoms with Gasteiger partial charge in [-0.3, -0.25) is 9.59 Å². The molecule has 148 valence electrons. The summed E-state index contributed by atoms with van der Waals surface area (Å²) in [5.41, 5.74) is 1.49. The van der Waals surface area contributed by atoms with Crippen molar-refractivity contribution in [2.45, 2.75) is 25.9 Å². The molecule has 9 heteroatoms. The van der Waals surface area contributed by atoms with Gasteiger partial charge in [0.1, 0.15) is 12.4 Å². The molecule has 2 heterocycles. The Kier molecular flexibility index (Phi) is 4.71. The van der Waals surface area contributed by atoms with E-state index in [9.17, 15) is 18.8 Å². The minimum Gasteiger partial charge on any atom is -0.388 e. The highest BCUT2D eigenvalue weighted by molar-refractivity contribution is 6.04. The van der Waals surface area contributed by atoms with E-state index >= 15 is 0 Å². The summed E-state index contributed by atoms with van der Waals surface area (Å²) in [6.45, 7) is 1.39. The van der Waals surface area contributed by atoms with Crippen LogP contribution in [0.5, 0.6) is 0 Å². The van der Waals surface area contributed by atoms with Crippen molar-refractivity contribution >= 4 is 23.2 Å². The van der Waals surface area contributed by atoms with Crippen LogP contribution in [0.25, 0.3) is 11.5 Å². The van der Waals surface area contributed by atoms with Crippen molar-refractivity contribution < 1.29 is 18.4 Å². The molecule has 1 unspecified atom stereocenters. The van der Waals surface area contributed by atoms with Gasteiger partial charge in [0, 0.05) is 18.0 Å². The summed E-state index contributed by atoms with van der Waals surface area (Å²) in [5.74, 6) is -1.85. The van der Waals surface area contributed by atoms with Gasteiger partial charge in [0.25, 0.3) is 0 Å². The highest BCUT2D eigenvalue weighted by Crippen LogP contribution is 2.31. The van der Waals surface area contributed by atoms with Crippen LogP contribution in [-0.4, -0.2) is 27.6 Å². The number of amides is 2. The maximum absolute atomic E-state index is 13.1. The Morgan fingerprint density at radius 2 is 1.93 bits per heavy atom. The Morgan fingerprint density at radius 1 is 1.21 bits per heavy atom. The largest absolute Gasteiger partial charge is 0.437 e. The number of nitrogens with zero attached hydrogens (tertiary/aromatic N) is 3. The number of nitrogens with one attached hydrogen (secondary N) is 1. The molecule has 0 radical (unpaired) electrons. The summed E-state index contributed by atoms with van der Waals surface area (Å²) in [7, 11) is 0. The molecule has 4 rings (SSSR count). The molecule has 0 saturated carbocycles. The fourth-order valence-corrected chi connectivity index (χ4v) is 3.29. The number of carbonyl (C=O) groups is 2. The molecular weight excluding hydrogens is 379 g/mol. The first kappa shape index (κ1) is 18.6. The van der Waals surface area contributed by atoms with Crippen LogP contribution in [0.15, 0.2) is 57.7 Å². The second-order valence-corrected chi connectivity index (χ2v) is 6.72. The van der Waals surface area contributed by atoms with E-state index in [4.69, 9.17) is 4.42 Å². The van der Waals surface area contributed by atoms with Gasteiger partial charge in [-0.05, 0) is 43.3 Å². The van der Waals surface area contributed by atoms with Gasteiger partial charge >= 0.3 is 5.76 Å². The van der Waals surface area contributed by atoms with Crippen molar-refractivity contribution in [1.29, 1.82) is 0 Å². The van der Waals surface area contributed by atoms with E-state index in [-0.39, 0.29) is 24.8 Å². The maximum atomic E-state index is 13.1. The topological polar surface area (TPSA) is 97.4 Å². The molecule has 0 saturated heterocycles. The predicted molar refractivity (Wildman–Crippen MR) is 103 cm³/mol. The number of hydrogen-bond donors (Lipinski definition) is 1. The molecular formula is C20H17FN4O4. The van der Waals surface area contributed by atoms with Crippen LogP contribution < -0.4 is 16.0 Å². The molecule has 1 aromatic heterocycles. The fraction of sp³-hybridized carbons (Fsp3) is 0.200. The number of benzene rings is 2. The second kappa shape index (κ2) is 7.34. The predicted octanol–water partition coefficient (Wildman–Crippen LogP) is 2.41. The van der Waals surface area contributed by atoms with Gasteiger partial charge in [-0.2, -0.15) is 4.68 Å². The molecule has 8 nitrogen and oxygen atoms in total. The van der Waals surface area contributed by atoms with E-state index in [1.807, 2.05) is 0 Å². The SMILES string of the molecule is CC1CC(=O)Nc2ccccc2N1C(=O)Cn1nc(-c2ccc(F)cc2)oc1=O. The van der Waals surface area contributed by atoms with Gasteiger partial charge in [0.15, 0.2) is 0 Å². The number of halogens is 1. The Balaban J connectivity index is 1.63. The van der Waals surface area contributed by atoms with Gasteiger partial charge in [0.2, 0.25) is 17.7 Å². The standard InChI is InChI=1S/C20H17FN4O4/c1-12-10-17(26)22-15-4-2-3-5-16(15)25(12)18(27)11-24-20(28)29-19(23-24)13-6-8-14(21)9-7-13/h2-9,12H,10-11H2,1H3,(H,22,26). The average molecular weight is 396 g/mol. The lowest BCUT2D eigenvalue weighted by Crippen LogP contribution is -2.42. The normalized spacial score (nSPS) is 16.1. The molecule has 2 amide bonds. The molecule has 1 aliphatic heterocycles. The van der Waals surface area contributed by atoms with Gasteiger partial charge in [-0.25, -0.2) is 9.18 Å². The van der Waals surface area contributed by atoms with Gasteiger partial charge in [-0.1, -0.05) is 12.1 Å². The van der Waals surface area contributed by atoms with Crippen molar-refractivity contribution in [2.75, 3.05) is 10.2 Å². The van der Waals surface area contributed by atoms with Crippen molar-refractivity contribution in [1.82, 2.24) is 9.78 Å². The van der Waals surface area contributed by atoms with Crippen molar-refractivity contribution in [3.8, 4) is 11.5 Å². The van der Waals surface area contributed by atoms with E-state index in [0.717, 1.165) is 4.68 Å². The number of para-hydroxylation sites is 2. The van der Waals surface area contributed by atoms with Gasteiger partial charge < -0.3 is 14.6 Å². The summed E-state index contributed by atoms with van der Waals surface area (Å²) in [4.78, 5) is 38.7. The zero-order chi connectivity index (χ0) is 20.5. The molecule has 0 spiro atoms. The zero-order valence-corrected chi connectivity index (χ0v) is 15.5. The number of carbonyl (C=O) groups excluding carboxylic acids is 2. The second-order valence-electron chi connectivity index (χ2n) is 6.72. The van der Waals surface area contributed by atoms with E-state index in [2.05, 4.69) is 10.4 Å². The van der Waals surface area contributed by atoms with Crippen LogP contribution in [0.3, 0.4) is 0 Å². The summed E-state index contributed by atoms with van der Waals surface area (Å²) >= 11 is 0. The lowest BCUT2D eigenvalue weighted by atomic mass is 10.1. The number of hydrogen-bond acceptors (Lipinski definition) is 5. The molecule has 0 aliphatic carbocycles. The number of fused-ring (bicyclic) bond motifs is 1. The minimum atomic E-state index is -0.803. The summed E-state index contributed by atoms with van der Waals surface area (Å²) < 4.78 is 19.1. The molecule has 0 bridgehead atoms. The van der Waals surface area contributed by atoms with E-state index in [1.54, 1.807) is 31.2 Å². The van der Waals surface area contributed by atoms with E-state index < -0.39 is 23.5 Å². The molecule has 1 atom stereocenters. The third kappa shape index (κ3) is 3.66. The maximum Gasteiger partial charge on any atom is 0.437 e. The van der Waals surface area contributed by atoms with E-state index in [0.29, 0.717) is 16.9 Å². The van der Waals surface area contributed by atoms with Crippen LogP contribution >= 0.6 is 0 Å². The Bertz CT molecular complexity index is 1140.